The van der Waals surface area contributed by atoms with Crippen LogP contribution in [0.25, 0.3) is 0 Å². The van der Waals surface area contributed by atoms with Crippen molar-refractivity contribution in [2.45, 2.75) is 11.8 Å². The molecule has 8 heteroatoms. The second-order valence-electron chi connectivity index (χ2n) is 3.93. The van der Waals surface area contributed by atoms with Gasteiger partial charge in [-0.1, -0.05) is 6.07 Å². The van der Waals surface area contributed by atoms with Crippen LogP contribution in [0.2, 0.25) is 0 Å². The maximum Gasteiger partial charge on any atom is 0.267 e. The fraction of sp³-hybridized carbons (Fsp3) is 0.167. The number of hydrogen-bond donors (Lipinski definition) is 1. The van der Waals surface area contributed by atoms with Gasteiger partial charge in [0.05, 0.1) is 18.1 Å². The van der Waals surface area contributed by atoms with E-state index in [-0.39, 0.29) is 23.1 Å². The molecule has 6 nitrogen and oxygen atoms in total. The van der Waals surface area contributed by atoms with Gasteiger partial charge in [0, 0.05) is 6.54 Å². The molecule has 1 heterocycles. The lowest BCUT2D eigenvalue weighted by atomic mass is 10.3. The summed E-state index contributed by atoms with van der Waals surface area (Å²) in [6, 6.07) is 5.36. The van der Waals surface area contributed by atoms with E-state index in [1.165, 1.54) is 18.2 Å². The van der Waals surface area contributed by atoms with Crippen LogP contribution < -0.4 is 10.0 Å². The highest BCUT2D eigenvalue weighted by atomic mass is 32.2. The minimum absolute atomic E-state index is 0.0160. The van der Waals surface area contributed by atoms with Crippen molar-refractivity contribution >= 4 is 21.7 Å². The average molecular weight is 296 g/mol. The van der Waals surface area contributed by atoms with E-state index in [2.05, 4.69) is 9.97 Å². The number of halogens is 1. The summed E-state index contributed by atoms with van der Waals surface area (Å²) in [6.45, 7) is 1.80. The van der Waals surface area contributed by atoms with Crippen molar-refractivity contribution in [3.05, 3.63) is 42.5 Å². The summed E-state index contributed by atoms with van der Waals surface area (Å²) in [4.78, 5) is 7.22. The largest absolute Gasteiger partial charge is 0.368 e. The standard InChI is InChI=1S/C12H13FN4O2S/c1-2-17(10-5-3-4-9(13)6-10)20(18,19)11-7-15-12(14)16-8-11/h3-8H,2H2,1H3,(H2,14,15,16). The van der Waals surface area contributed by atoms with Gasteiger partial charge >= 0.3 is 0 Å². The normalized spacial score (nSPS) is 11.3. The van der Waals surface area contributed by atoms with Gasteiger partial charge in [0.2, 0.25) is 5.95 Å². The smallest absolute Gasteiger partial charge is 0.267 e. The predicted molar refractivity (Wildman–Crippen MR) is 73.1 cm³/mol. The monoisotopic (exact) mass is 296 g/mol. The highest BCUT2D eigenvalue weighted by Gasteiger charge is 2.24. The molecule has 0 fully saturated rings. The van der Waals surface area contributed by atoms with Crippen LogP contribution in [0.15, 0.2) is 41.6 Å². The van der Waals surface area contributed by atoms with Gasteiger partial charge in [0.15, 0.2) is 0 Å². The van der Waals surface area contributed by atoms with Gasteiger partial charge < -0.3 is 5.73 Å². The van der Waals surface area contributed by atoms with Crippen LogP contribution in [-0.4, -0.2) is 24.9 Å². The van der Waals surface area contributed by atoms with Crippen molar-refractivity contribution in [2.75, 3.05) is 16.6 Å². The average Bonchev–Trinajstić information content (AvgIpc) is 2.40. The summed E-state index contributed by atoms with van der Waals surface area (Å²) in [7, 11) is -3.85. The number of nitrogen functional groups attached to an aromatic ring is 1. The van der Waals surface area contributed by atoms with E-state index in [4.69, 9.17) is 5.73 Å². The number of aromatic nitrogens is 2. The first-order chi connectivity index (χ1) is 9.45. The lowest BCUT2D eigenvalue weighted by molar-refractivity contribution is 0.590. The Kier molecular flexibility index (Phi) is 3.84. The Labute approximate surface area is 116 Å². The third-order valence-corrected chi connectivity index (χ3v) is 4.48. The minimum Gasteiger partial charge on any atom is -0.368 e. The number of nitrogens with two attached hydrogens (primary N) is 1. The molecule has 0 spiro atoms. The van der Waals surface area contributed by atoms with E-state index in [0.717, 1.165) is 22.8 Å². The Morgan fingerprint density at radius 1 is 1.30 bits per heavy atom. The first kappa shape index (κ1) is 14.2. The molecule has 106 valence electrons. The Hall–Kier alpha value is -2.22. The van der Waals surface area contributed by atoms with Crippen LogP contribution in [0.3, 0.4) is 0 Å². The van der Waals surface area contributed by atoms with E-state index in [1.54, 1.807) is 6.92 Å². The van der Waals surface area contributed by atoms with Crippen LogP contribution in [-0.2, 0) is 10.0 Å². The van der Waals surface area contributed by atoms with E-state index in [9.17, 15) is 12.8 Å². The van der Waals surface area contributed by atoms with Crippen molar-refractivity contribution in [2.24, 2.45) is 0 Å². The Morgan fingerprint density at radius 3 is 2.50 bits per heavy atom. The number of hydrogen-bond acceptors (Lipinski definition) is 5. The molecule has 1 aromatic carbocycles. The van der Waals surface area contributed by atoms with Gasteiger partial charge in [-0.05, 0) is 25.1 Å². The van der Waals surface area contributed by atoms with Gasteiger partial charge in [-0.15, -0.1) is 0 Å². The quantitative estimate of drug-likeness (QED) is 0.921. The first-order valence-corrected chi connectivity index (χ1v) is 7.25. The molecular formula is C12H13FN4O2S. The fourth-order valence-electron chi connectivity index (χ4n) is 1.71. The van der Waals surface area contributed by atoms with Crippen LogP contribution >= 0.6 is 0 Å². The highest BCUT2D eigenvalue weighted by Crippen LogP contribution is 2.23. The lowest BCUT2D eigenvalue weighted by Gasteiger charge is -2.22. The molecule has 0 bridgehead atoms. The molecule has 0 unspecified atom stereocenters. The number of anilines is 2. The second kappa shape index (κ2) is 5.41. The number of nitrogens with zero attached hydrogens (tertiary/aromatic N) is 3. The van der Waals surface area contributed by atoms with Gasteiger partial charge in [-0.25, -0.2) is 22.8 Å². The lowest BCUT2D eigenvalue weighted by Crippen LogP contribution is -2.31. The molecule has 20 heavy (non-hydrogen) atoms. The van der Waals surface area contributed by atoms with E-state index in [0.29, 0.717) is 0 Å². The van der Waals surface area contributed by atoms with Gasteiger partial charge in [0.25, 0.3) is 10.0 Å². The van der Waals surface area contributed by atoms with Gasteiger partial charge in [-0.3, -0.25) is 4.31 Å². The summed E-state index contributed by atoms with van der Waals surface area (Å²) in [5.41, 5.74) is 5.57. The molecule has 2 aromatic rings. The van der Waals surface area contributed by atoms with Crippen LogP contribution in [0, 0.1) is 5.82 Å². The predicted octanol–water partition coefficient (Wildman–Crippen LogP) is 1.41. The molecule has 1 aromatic heterocycles. The van der Waals surface area contributed by atoms with Crippen molar-refractivity contribution in [3.63, 3.8) is 0 Å². The summed E-state index contributed by atoms with van der Waals surface area (Å²) in [6.07, 6.45) is 2.25. The fourth-order valence-corrected chi connectivity index (χ4v) is 3.07. The number of rotatable bonds is 4. The maximum absolute atomic E-state index is 13.2. The third kappa shape index (κ3) is 2.69. The number of sulfonamides is 1. The first-order valence-electron chi connectivity index (χ1n) is 5.81. The second-order valence-corrected chi connectivity index (χ2v) is 5.79. The summed E-state index contributed by atoms with van der Waals surface area (Å²) >= 11 is 0. The SMILES string of the molecule is CCN(c1cccc(F)c1)S(=O)(=O)c1cnc(N)nc1. The van der Waals surface area contributed by atoms with Crippen LogP contribution in [0.4, 0.5) is 16.0 Å². The van der Waals surface area contributed by atoms with Crippen molar-refractivity contribution < 1.29 is 12.8 Å². The highest BCUT2D eigenvalue weighted by molar-refractivity contribution is 7.92. The van der Waals surface area contributed by atoms with Crippen molar-refractivity contribution in [1.29, 1.82) is 0 Å². The van der Waals surface area contributed by atoms with Crippen LogP contribution in [0.1, 0.15) is 6.92 Å². The maximum atomic E-state index is 13.2. The molecule has 0 atom stereocenters. The van der Waals surface area contributed by atoms with Crippen molar-refractivity contribution in [3.8, 4) is 0 Å². The Morgan fingerprint density at radius 2 is 1.95 bits per heavy atom. The molecule has 0 radical (unpaired) electrons. The van der Waals surface area contributed by atoms with Crippen molar-refractivity contribution in [1.82, 2.24) is 9.97 Å². The van der Waals surface area contributed by atoms with Crippen LogP contribution in [0.5, 0.6) is 0 Å². The molecule has 2 N–H and O–H groups in total. The topological polar surface area (TPSA) is 89.2 Å². The molecule has 2 rings (SSSR count). The summed E-state index contributed by atoms with van der Waals surface area (Å²) in [5.74, 6) is -0.525. The van der Waals surface area contributed by atoms with Gasteiger partial charge in [-0.2, -0.15) is 0 Å². The molecule has 0 aliphatic rings. The summed E-state index contributed by atoms with van der Waals surface area (Å²) < 4.78 is 39.3. The molecule has 0 amide bonds. The zero-order valence-corrected chi connectivity index (χ0v) is 11.5. The molecule has 0 aliphatic carbocycles. The zero-order valence-electron chi connectivity index (χ0n) is 10.7. The Balaban J connectivity index is 2.47. The van der Waals surface area contributed by atoms with E-state index >= 15 is 0 Å². The van der Waals surface area contributed by atoms with Gasteiger partial charge in [0.1, 0.15) is 10.7 Å². The third-order valence-electron chi connectivity index (χ3n) is 2.62. The molecule has 0 aliphatic heterocycles. The summed E-state index contributed by atoms with van der Waals surface area (Å²) in [5, 5.41) is 0. The molecule has 0 saturated carbocycles. The number of benzene rings is 1. The van der Waals surface area contributed by atoms with E-state index < -0.39 is 15.8 Å². The molecule has 0 saturated heterocycles. The molecular weight excluding hydrogens is 283 g/mol. The minimum atomic E-state index is -3.85. The van der Waals surface area contributed by atoms with E-state index in [1.807, 2.05) is 0 Å². The Bertz CT molecular complexity index is 704. The zero-order chi connectivity index (χ0) is 14.8.